The van der Waals surface area contributed by atoms with Crippen LogP contribution in [-0.4, -0.2) is 68.7 Å². The molecule has 1 atom stereocenters. The van der Waals surface area contributed by atoms with Crippen molar-refractivity contribution in [1.82, 2.24) is 19.6 Å². The zero-order chi connectivity index (χ0) is 24.6. The third-order valence-corrected chi connectivity index (χ3v) is 6.89. The molecule has 10 nitrogen and oxygen atoms in total. The molecule has 0 radical (unpaired) electrons. The van der Waals surface area contributed by atoms with Gasteiger partial charge in [0, 0.05) is 25.3 Å². The van der Waals surface area contributed by atoms with Crippen molar-refractivity contribution in [2.24, 2.45) is 0 Å². The molecule has 0 spiro atoms. The molecule has 4 rings (SSSR count). The fourth-order valence-electron chi connectivity index (χ4n) is 3.90. The van der Waals surface area contributed by atoms with Crippen LogP contribution in [0.25, 0.3) is 11.7 Å². The molecule has 4 heterocycles. The van der Waals surface area contributed by atoms with Gasteiger partial charge < -0.3 is 15.0 Å². The van der Waals surface area contributed by atoms with Crippen LogP contribution in [0.3, 0.4) is 0 Å². The zero-order valence-electron chi connectivity index (χ0n) is 18.8. The van der Waals surface area contributed by atoms with Crippen LogP contribution in [0.15, 0.2) is 34.1 Å². The van der Waals surface area contributed by atoms with Crippen LogP contribution >= 0.6 is 24.0 Å². The Bertz CT molecular complexity index is 1290. The summed E-state index contributed by atoms with van der Waals surface area (Å²) in [6.45, 7) is 4.34. The van der Waals surface area contributed by atoms with E-state index in [1.807, 2.05) is 13.8 Å². The highest BCUT2D eigenvalue weighted by molar-refractivity contribution is 8.26. The van der Waals surface area contributed by atoms with Gasteiger partial charge in [0.15, 0.2) is 0 Å². The molecule has 34 heavy (non-hydrogen) atoms. The van der Waals surface area contributed by atoms with E-state index in [0.29, 0.717) is 28.0 Å². The number of amides is 2. The number of thioether (sulfide) groups is 1. The summed E-state index contributed by atoms with van der Waals surface area (Å²) in [5, 5.41) is 2.74. The van der Waals surface area contributed by atoms with E-state index in [4.69, 9.17) is 17.0 Å². The van der Waals surface area contributed by atoms with Crippen LogP contribution in [-0.2, 0) is 19.1 Å². The van der Waals surface area contributed by atoms with Crippen LogP contribution in [0.4, 0.5) is 5.82 Å². The molecule has 0 bridgehead atoms. The number of ether oxygens (including phenoxy) is 1. The molecule has 0 saturated carbocycles. The van der Waals surface area contributed by atoms with Crippen molar-refractivity contribution < 1.29 is 19.1 Å². The molecule has 0 aliphatic carbocycles. The number of carbonyl (C=O) groups is 3. The summed E-state index contributed by atoms with van der Waals surface area (Å²) in [7, 11) is 1.25. The smallest absolute Gasteiger partial charge is 0.308 e. The molecule has 2 aromatic heterocycles. The Morgan fingerprint density at radius 2 is 2.12 bits per heavy atom. The van der Waals surface area contributed by atoms with Gasteiger partial charge in [-0.15, -0.1) is 0 Å². The second-order valence-electron chi connectivity index (χ2n) is 8.01. The fourth-order valence-corrected chi connectivity index (χ4v) is 5.41. The van der Waals surface area contributed by atoms with Crippen molar-refractivity contribution in [3.8, 4) is 0 Å². The first kappa shape index (κ1) is 23.9. The van der Waals surface area contributed by atoms with E-state index in [9.17, 15) is 19.2 Å². The molecule has 2 aliphatic heterocycles. The minimum atomic E-state index is -0.920. The van der Waals surface area contributed by atoms with Crippen molar-refractivity contribution in [1.29, 1.82) is 0 Å². The first-order chi connectivity index (χ1) is 16.2. The van der Waals surface area contributed by atoms with Gasteiger partial charge in [-0.05, 0) is 32.1 Å². The number of thiocarbonyl (C=S) groups is 1. The van der Waals surface area contributed by atoms with E-state index in [2.05, 4.69) is 10.3 Å². The van der Waals surface area contributed by atoms with Crippen LogP contribution in [0.2, 0.25) is 0 Å². The summed E-state index contributed by atoms with van der Waals surface area (Å²) in [5.41, 5.74) is 0.105. The van der Waals surface area contributed by atoms with Crippen LogP contribution in [0, 0.1) is 0 Å². The normalized spacial score (nSPS) is 19.9. The summed E-state index contributed by atoms with van der Waals surface area (Å²) in [4.78, 5) is 59.3. The number of nitrogens with zero attached hydrogens (tertiary/aromatic N) is 4. The molecule has 1 unspecified atom stereocenters. The molecule has 12 heteroatoms. The predicted molar refractivity (Wildman–Crippen MR) is 132 cm³/mol. The van der Waals surface area contributed by atoms with Crippen LogP contribution < -0.4 is 15.8 Å². The van der Waals surface area contributed by atoms with Crippen molar-refractivity contribution in [2.45, 2.75) is 32.4 Å². The predicted octanol–water partition coefficient (Wildman–Crippen LogP) is 1.17. The summed E-state index contributed by atoms with van der Waals surface area (Å²) >= 11 is 6.47. The number of anilines is 1. The number of methoxy groups -OCH3 is 1. The lowest BCUT2D eigenvalue weighted by Crippen LogP contribution is -2.57. The number of nitrogens with one attached hydrogen (secondary N) is 1. The Balaban J connectivity index is 1.90. The SMILES string of the molecule is COC(=O)CC1C(=O)NCCN1c1nc2ccccn2c(=O)c1/C=C1\SC(=S)N(C(C)C)C1=O. The highest BCUT2D eigenvalue weighted by atomic mass is 32.2. The Labute approximate surface area is 204 Å². The first-order valence-electron chi connectivity index (χ1n) is 10.6. The monoisotopic (exact) mass is 501 g/mol. The van der Waals surface area contributed by atoms with Gasteiger partial charge in [-0.1, -0.05) is 30.0 Å². The minimum Gasteiger partial charge on any atom is -0.469 e. The third-order valence-electron chi connectivity index (χ3n) is 5.55. The largest absolute Gasteiger partial charge is 0.469 e. The number of aromatic nitrogens is 2. The van der Waals surface area contributed by atoms with Gasteiger partial charge in [-0.3, -0.25) is 28.5 Å². The second kappa shape index (κ2) is 9.55. The average molecular weight is 502 g/mol. The maximum Gasteiger partial charge on any atom is 0.308 e. The summed E-state index contributed by atoms with van der Waals surface area (Å²) in [5.74, 6) is -1.02. The van der Waals surface area contributed by atoms with Crippen LogP contribution in [0.1, 0.15) is 25.8 Å². The van der Waals surface area contributed by atoms with Gasteiger partial charge in [-0.2, -0.15) is 0 Å². The lowest BCUT2D eigenvalue weighted by atomic mass is 10.1. The van der Waals surface area contributed by atoms with Crippen molar-refractivity contribution >= 4 is 63.6 Å². The number of carbonyl (C=O) groups excluding carboxylic acids is 3. The van der Waals surface area contributed by atoms with Gasteiger partial charge in [0.1, 0.15) is 21.8 Å². The second-order valence-corrected chi connectivity index (χ2v) is 9.68. The lowest BCUT2D eigenvalue weighted by Gasteiger charge is -2.36. The van der Waals surface area contributed by atoms with Gasteiger partial charge in [-0.25, -0.2) is 4.98 Å². The zero-order valence-corrected chi connectivity index (χ0v) is 20.4. The van der Waals surface area contributed by atoms with E-state index in [0.717, 1.165) is 11.8 Å². The maximum atomic E-state index is 13.5. The van der Waals surface area contributed by atoms with Crippen molar-refractivity contribution in [2.75, 3.05) is 25.1 Å². The Morgan fingerprint density at radius 1 is 1.35 bits per heavy atom. The summed E-state index contributed by atoms with van der Waals surface area (Å²) in [6, 6.07) is 4.06. The number of piperazine rings is 1. The summed E-state index contributed by atoms with van der Waals surface area (Å²) < 4.78 is 6.54. The Morgan fingerprint density at radius 3 is 2.79 bits per heavy atom. The molecule has 1 N–H and O–H groups in total. The number of hydrogen-bond donors (Lipinski definition) is 1. The van der Waals surface area contributed by atoms with E-state index in [1.165, 1.54) is 22.5 Å². The number of esters is 1. The number of hydrogen-bond acceptors (Lipinski definition) is 9. The van der Waals surface area contributed by atoms with Crippen molar-refractivity contribution in [3.63, 3.8) is 0 Å². The Kier molecular flexibility index (Phi) is 6.71. The minimum absolute atomic E-state index is 0.135. The van der Waals surface area contributed by atoms with Gasteiger partial charge in [0.25, 0.3) is 11.5 Å². The third kappa shape index (κ3) is 4.30. The highest BCUT2D eigenvalue weighted by Crippen LogP contribution is 2.35. The molecule has 2 aliphatic rings. The quantitative estimate of drug-likeness (QED) is 0.366. The van der Waals surface area contributed by atoms with E-state index >= 15 is 0 Å². The van der Waals surface area contributed by atoms with Crippen LogP contribution in [0.5, 0.6) is 0 Å². The topological polar surface area (TPSA) is 113 Å². The molecule has 0 aromatic carbocycles. The number of rotatable bonds is 5. The standard InChI is InChI=1S/C22H23N5O5S2/c1-12(2)27-21(31)15(34-22(27)33)10-13-18(24-16-6-4-5-8-26(16)20(13)30)25-9-7-23-19(29)14(25)11-17(28)32-3/h4-6,8,10,12,14H,7,9,11H2,1-3H3,(H,23,29)/b15-10-. The fraction of sp³-hybridized carbons (Fsp3) is 0.364. The average Bonchev–Trinajstić information content (AvgIpc) is 3.09. The molecule has 2 fully saturated rings. The van der Waals surface area contributed by atoms with Gasteiger partial charge in [0.05, 0.1) is 24.0 Å². The van der Waals surface area contributed by atoms with E-state index in [-0.39, 0.29) is 35.7 Å². The molecule has 178 valence electrons. The van der Waals surface area contributed by atoms with E-state index in [1.54, 1.807) is 29.3 Å². The highest BCUT2D eigenvalue weighted by Gasteiger charge is 2.37. The lowest BCUT2D eigenvalue weighted by molar-refractivity contribution is -0.143. The number of fused-ring (bicyclic) bond motifs is 1. The molecule has 2 aromatic rings. The van der Waals surface area contributed by atoms with Gasteiger partial charge in [0.2, 0.25) is 5.91 Å². The molecular weight excluding hydrogens is 478 g/mol. The van der Waals surface area contributed by atoms with Crippen molar-refractivity contribution in [3.05, 3.63) is 45.2 Å². The maximum absolute atomic E-state index is 13.5. The van der Waals surface area contributed by atoms with E-state index < -0.39 is 17.6 Å². The number of pyridine rings is 1. The Hall–Kier alpha value is -3.25. The molecule has 2 saturated heterocycles. The first-order valence-corrected chi connectivity index (χ1v) is 11.8. The molecular formula is C22H23N5O5S2. The van der Waals surface area contributed by atoms with Gasteiger partial charge >= 0.3 is 5.97 Å². The summed E-state index contributed by atoms with van der Waals surface area (Å²) in [6.07, 6.45) is 2.85. The molecule has 2 amide bonds.